The van der Waals surface area contributed by atoms with Crippen LogP contribution in [0.4, 0.5) is 0 Å². The maximum Gasteiger partial charge on any atom is 0.0639 e. The van der Waals surface area contributed by atoms with E-state index in [1.165, 1.54) is 11.3 Å². The first-order valence-corrected chi connectivity index (χ1v) is 5.48. The van der Waals surface area contributed by atoms with Crippen molar-refractivity contribution < 1.29 is 0 Å². The van der Waals surface area contributed by atoms with Gasteiger partial charge in [-0.15, -0.1) is 0 Å². The fraction of sp³-hybridized carbons (Fsp3) is 0.417. The minimum absolute atomic E-state index is 0.876. The molecular formula is C12H18N4. The van der Waals surface area contributed by atoms with Crippen molar-refractivity contribution in [2.75, 3.05) is 7.05 Å². The monoisotopic (exact) mass is 218 g/mol. The Morgan fingerprint density at radius 2 is 2.25 bits per heavy atom. The van der Waals surface area contributed by atoms with E-state index in [1.807, 2.05) is 25.7 Å². The third-order valence-corrected chi connectivity index (χ3v) is 2.64. The second kappa shape index (κ2) is 4.53. The quantitative estimate of drug-likeness (QED) is 0.839. The lowest BCUT2D eigenvalue weighted by atomic mass is 10.3. The topological polar surface area (TPSA) is 34.8 Å². The van der Waals surface area contributed by atoms with Crippen LogP contribution in [0.1, 0.15) is 17.0 Å². The van der Waals surface area contributed by atoms with Gasteiger partial charge in [0.2, 0.25) is 0 Å². The Morgan fingerprint density at radius 1 is 1.44 bits per heavy atom. The van der Waals surface area contributed by atoms with Crippen LogP contribution in [0.3, 0.4) is 0 Å². The normalized spacial score (nSPS) is 10.9. The predicted molar refractivity (Wildman–Crippen MR) is 64.2 cm³/mol. The number of hydrogen-bond donors (Lipinski definition) is 1. The highest BCUT2D eigenvalue weighted by atomic mass is 15.3. The molecule has 16 heavy (non-hydrogen) atoms. The molecule has 0 aliphatic rings. The average Bonchev–Trinajstić information content (AvgIpc) is 2.76. The molecule has 1 N–H and O–H groups in total. The molecule has 2 heterocycles. The van der Waals surface area contributed by atoms with Gasteiger partial charge in [-0.05, 0) is 31.7 Å². The van der Waals surface area contributed by atoms with Gasteiger partial charge < -0.3 is 9.88 Å². The van der Waals surface area contributed by atoms with E-state index >= 15 is 0 Å². The second-order valence-electron chi connectivity index (χ2n) is 4.12. The summed E-state index contributed by atoms with van der Waals surface area (Å²) in [5.41, 5.74) is 3.60. The molecular weight excluding hydrogens is 200 g/mol. The molecule has 0 radical (unpaired) electrons. The molecule has 0 atom stereocenters. The summed E-state index contributed by atoms with van der Waals surface area (Å²) in [6.45, 7) is 3.81. The average molecular weight is 218 g/mol. The first-order valence-electron chi connectivity index (χ1n) is 5.48. The smallest absolute Gasteiger partial charge is 0.0639 e. The molecule has 2 aromatic heterocycles. The zero-order chi connectivity index (χ0) is 11.5. The summed E-state index contributed by atoms with van der Waals surface area (Å²) < 4.78 is 4.12. The van der Waals surface area contributed by atoms with E-state index in [9.17, 15) is 0 Å². The summed E-state index contributed by atoms with van der Waals surface area (Å²) in [6, 6.07) is 4.26. The van der Waals surface area contributed by atoms with Crippen LogP contribution in [0.2, 0.25) is 0 Å². The van der Waals surface area contributed by atoms with E-state index in [4.69, 9.17) is 0 Å². The Kier molecular flexibility index (Phi) is 3.10. The summed E-state index contributed by atoms with van der Waals surface area (Å²) in [5.74, 6) is 0. The molecule has 2 rings (SSSR count). The van der Waals surface area contributed by atoms with Crippen LogP contribution in [-0.4, -0.2) is 21.4 Å². The predicted octanol–water partition coefficient (Wildman–Crippen LogP) is 1.30. The van der Waals surface area contributed by atoms with Crippen LogP contribution in [0.15, 0.2) is 24.5 Å². The largest absolute Gasteiger partial charge is 0.348 e. The number of nitrogens with zero attached hydrogens (tertiary/aromatic N) is 3. The fourth-order valence-electron chi connectivity index (χ4n) is 1.90. The SMILES string of the molecule is CNCc1ccn(Cc2cc(C)nn2C)c1. The Labute approximate surface area is 95.9 Å². The molecule has 4 nitrogen and oxygen atoms in total. The third-order valence-electron chi connectivity index (χ3n) is 2.64. The maximum absolute atomic E-state index is 4.34. The van der Waals surface area contributed by atoms with Crippen LogP contribution in [0.5, 0.6) is 0 Å². The molecule has 2 aromatic rings. The molecule has 0 unspecified atom stereocenters. The highest BCUT2D eigenvalue weighted by molar-refractivity contribution is 5.14. The number of hydrogen-bond acceptors (Lipinski definition) is 2. The van der Waals surface area contributed by atoms with E-state index in [-0.39, 0.29) is 0 Å². The highest BCUT2D eigenvalue weighted by Crippen LogP contribution is 2.07. The number of aromatic nitrogens is 3. The lowest BCUT2D eigenvalue weighted by Crippen LogP contribution is -2.05. The van der Waals surface area contributed by atoms with Gasteiger partial charge in [-0.25, -0.2) is 0 Å². The minimum atomic E-state index is 0.876. The van der Waals surface area contributed by atoms with Crippen molar-refractivity contribution in [2.45, 2.75) is 20.0 Å². The molecule has 0 amide bonds. The lowest BCUT2D eigenvalue weighted by Gasteiger charge is -2.03. The standard InChI is InChI=1S/C12H18N4/c1-10-6-12(15(3)14-10)9-16-5-4-11(8-16)7-13-2/h4-6,8,13H,7,9H2,1-3H3. The van der Waals surface area contributed by atoms with Crippen molar-refractivity contribution in [1.82, 2.24) is 19.7 Å². The van der Waals surface area contributed by atoms with Crippen LogP contribution in [0.25, 0.3) is 0 Å². The van der Waals surface area contributed by atoms with Gasteiger partial charge in [0.15, 0.2) is 0 Å². The molecule has 0 aromatic carbocycles. The number of rotatable bonds is 4. The molecule has 0 bridgehead atoms. The van der Waals surface area contributed by atoms with Crippen molar-refractivity contribution in [3.63, 3.8) is 0 Å². The first-order chi connectivity index (χ1) is 7.69. The van der Waals surface area contributed by atoms with Crippen molar-refractivity contribution in [1.29, 1.82) is 0 Å². The van der Waals surface area contributed by atoms with Crippen LogP contribution in [-0.2, 0) is 20.1 Å². The molecule has 0 aliphatic carbocycles. The van der Waals surface area contributed by atoms with E-state index in [0.29, 0.717) is 0 Å². The van der Waals surface area contributed by atoms with Crippen molar-refractivity contribution in [3.8, 4) is 0 Å². The van der Waals surface area contributed by atoms with Crippen LogP contribution in [0, 0.1) is 6.92 Å². The van der Waals surface area contributed by atoms with Gasteiger partial charge in [-0.3, -0.25) is 4.68 Å². The Morgan fingerprint density at radius 3 is 2.88 bits per heavy atom. The zero-order valence-electron chi connectivity index (χ0n) is 10.1. The zero-order valence-corrected chi connectivity index (χ0v) is 10.1. The van der Waals surface area contributed by atoms with Gasteiger partial charge in [0, 0.05) is 26.0 Å². The molecule has 0 aliphatic heterocycles. The Bertz CT molecular complexity index is 467. The van der Waals surface area contributed by atoms with Gasteiger partial charge >= 0.3 is 0 Å². The van der Waals surface area contributed by atoms with E-state index < -0.39 is 0 Å². The number of nitrogens with one attached hydrogen (secondary N) is 1. The maximum atomic E-state index is 4.34. The summed E-state index contributed by atoms with van der Waals surface area (Å²) in [7, 11) is 3.95. The molecule has 0 fully saturated rings. The second-order valence-corrected chi connectivity index (χ2v) is 4.12. The van der Waals surface area contributed by atoms with Gasteiger partial charge in [-0.1, -0.05) is 0 Å². The minimum Gasteiger partial charge on any atom is -0.348 e. The summed E-state index contributed by atoms with van der Waals surface area (Å²) >= 11 is 0. The van der Waals surface area contributed by atoms with E-state index in [2.05, 4.69) is 39.5 Å². The Hall–Kier alpha value is -1.55. The van der Waals surface area contributed by atoms with Gasteiger partial charge in [0.25, 0.3) is 0 Å². The lowest BCUT2D eigenvalue weighted by molar-refractivity contribution is 0.663. The first kappa shape index (κ1) is 11.0. The molecule has 86 valence electrons. The summed E-state index contributed by atoms with van der Waals surface area (Å²) in [4.78, 5) is 0. The van der Waals surface area contributed by atoms with Gasteiger partial charge in [0.05, 0.1) is 17.9 Å². The number of aryl methyl sites for hydroxylation is 2. The van der Waals surface area contributed by atoms with Crippen molar-refractivity contribution in [3.05, 3.63) is 41.5 Å². The van der Waals surface area contributed by atoms with E-state index in [1.54, 1.807) is 0 Å². The fourth-order valence-corrected chi connectivity index (χ4v) is 1.90. The van der Waals surface area contributed by atoms with Crippen molar-refractivity contribution >= 4 is 0 Å². The molecule has 0 saturated carbocycles. The molecule has 0 spiro atoms. The van der Waals surface area contributed by atoms with Crippen LogP contribution >= 0.6 is 0 Å². The highest BCUT2D eigenvalue weighted by Gasteiger charge is 2.03. The summed E-state index contributed by atoms with van der Waals surface area (Å²) in [6.07, 6.45) is 4.27. The molecule has 0 saturated heterocycles. The Balaban J connectivity index is 2.11. The van der Waals surface area contributed by atoms with Crippen LogP contribution < -0.4 is 5.32 Å². The summed E-state index contributed by atoms with van der Waals surface area (Å²) in [5, 5.41) is 7.49. The van der Waals surface area contributed by atoms with Crippen molar-refractivity contribution in [2.24, 2.45) is 7.05 Å². The van der Waals surface area contributed by atoms with Gasteiger partial charge in [0.1, 0.15) is 0 Å². The molecule has 4 heteroatoms. The van der Waals surface area contributed by atoms with E-state index in [0.717, 1.165) is 18.8 Å². The van der Waals surface area contributed by atoms with Gasteiger partial charge in [-0.2, -0.15) is 5.10 Å². The third kappa shape index (κ3) is 2.33.